The molecule has 0 aromatic heterocycles. The van der Waals surface area contributed by atoms with Gasteiger partial charge in [-0.1, -0.05) is 27.7 Å². The van der Waals surface area contributed by atoms with Gasteiger partial charge in [0.1, 0.15) is 5.60 Å². The summed E-state index contributed by atoms with van der Waals surface area (Å²) >= 11 is 0. The molecule has 3 heteroatoms. The average molecular weight is 216 g/mol. The van der Waals surface area contributed by atoms with Crippen LogP contribution >= 0.6 is 0 Å². The first-order chi connectivity index (χ1) is 7.04. The van der Waals surface area contributed by atoms with Crippen LogP contribution < -0.4 is 0 Å². The van der Waals surface area contributed by atoms with Crippen molar-refractivity contribution in [3.8, 4) is 0 Å². The minimum absolute atomic E-state index is 0.121. The molecule has 1 saturated heterocycles. The highest BCUT2D eigenvalue weighted by molar-refractivity contribution is 4.92. The van der Waals surface area contributed by atoms with Gasteiger partial charge in [0.15, 0.2) is 0 Å². The van der Waals surface area contributed by atoms with E-state index in [0.717, 1.165) is 19.8 Å². The number of hydrogen-bond donors (Lipinski definition) is 0. The Morgan fingerprint density at radius 1 is 1.00 bits per heavy atom. The summed E-state index contributed by atoms with van der Waals surface area (Å²) in [5.41, 5.74) is -0.121. The molecule has 1 rings (SSSR count). The second-order valence-corrected chi connectivity index (χ2v) is 5.29. The van der Waals surface area contributed by atoms with Crippen molar-refractivity contribution in [3.63, 3.8) is 0 Å². The zero-order chi connectivity index (χ0) is 11.3. The number of ether oxygens (including phenoxy) is 3. The largest absolute Gasteiger partial charge is 0.378 e. The highest BCUT2D eigenvalue weighted by Gasteiger charge is 2.45. The van der Waals surface area contributed by atoms with Crippen LogP contribution in [-0.4, -0.2) is 38.6 Å². The second kappa shape index (κ2) is 5.83. The molecule has 90 valence electrons. The first-order valence-electron chi connectivity index (χ1n) is 5.83. The maximum Gasteiger partial charge on any atom is 0.138 e. The van der Waals surface area contributed by atoms with Crippen molar-refractivity contribution in [3.05, 3.63) is 0 Å². The molecule has 1 heterocycles. The van der Waals surface area contributed by atoms with Gasteiger partial charge < -0.3 is 14.2 Å². The number of epoxide rings is 1. The average Bonchev–Trinajstić information content (AvgIpc) is 2.84. The fourth-order valence-electron chi connectivity index (χ4n) is 1.27. The SMILES string of the molecule is CC(C)COCC1(COCC(C)C)CO1. The zero-order valence-electron chi connectivity index (χ0n) is 10.4. The van der Waals surface area contributed by atoms with Crippen molar-refractivity contribution in [1.29, 1.82) is 0 Å². The summed E-state index contributed by atoms with van der Waals surface area (Å²) in [6.07, 6.45) is 0. The normalized spacial score (nSPS) is 18.8. The summed E-state index contributed by atoms with van der Waals surface area (Å²) in [6, 6.07) is 0. The van der Waals surface area contributed by atoms with Crippen molar-refractivity contribution in [1.82, 2.24) is 0 Å². The van der Waals surface area contributed by atoms with E-state index in [1.165, 1.54) is 0 Å². The van der Waals surface area contributed by atoms with Crippen molar-refractivity contribution in [2.24, 2.45) is 11.8 Å². The first-order valence-corrected chi connectivity index (χ1v) is 5.83. The Kier molecular flexibility index (Phi) is 5.03. The summed E-state index contributed by atoms with van der Waals surface area (Å²) in [7, 11) is 0. The monoisotopic (exact) mass is 216 g/mol. The zero-order valence-corrected chi connectivity index (χ0v) is 10.4. The predicted molar refractivity (Wildman–Crippen MR) is 60.0 cm³/mol. The topological polar surface area (TPSA) is 31.0 Å². The van der Waals surface area contributed by atoms with Crippen LogP contribution in [0.5, 0.6) is 0 Å². The molecule has 0 atom stereocenters. The quantitative estimate of drug-likeness (QED) is 0.582. The van der Waals surface area contributed by atoms with Crippen LogP contribution in [0, 0.1) is 11.8 Å². The van der Waals surface area contributed by atoms with Gasteiger partial charge in [-0.3, -0.25) is 0 Å². The highest BCUT2D eigenvalue weighted by Crippen LogP contribution is 2.27. The molecule has 0 amide bonds. The Hall–Kier alpha value is -0.120. The summed E-state index contributed by atoms with van der Waals surface area (Å²) in [5, 5.41) is 0. The molecular weight excluding hydrogens is 192 g/mol. The van der Waals surface area contributed by atoms with Crippen LogP contribution in [0.2, 0.25) is 0 Å². The predicted octanol–water partition coefficient (Wildman–Crippen LogP) is 2.10. The van der Waals surface area contributed by atoms with Crippen LogP contribution in [-0.2, 0) is 14.2 Å². The maximum absolute atomic E-state index is 5.57. The molecular formula is C12H24O3. The number of rotatable bonds is 8. The van der Waals surface area contributed by atoms with Gasteiger partial charge in [0.2, 0.25) is 0 Å². The number of hydrogen-bond acceptors (Lipinski definition) is 3. The lowest BCUT2D eigenvalue weighted by molar-refractivity contribution is 0.00565. The smallest absolute Gasteiger partial charge is 0.138 e. The van der Waals surface area contributed by atoms with Gasteiger partial charge in [-0.25, -0.2) is 0 Å². The highest BCUT2D eigenvalue weighted by atomic mass is 16.6. The lowest BCUT2D eigenvalue weighted by Crippen LogP contribution is -2.27. The Morgan fingerprint density at radius 3 is 1.67 bits per heavy atom. The molecule has 15 heavy (non-hydrogen) atoms. The molecule has 0 saturated carbocycles. The lowest BCUT2D eigenvalue weighted by atomic mass is 10.2. The van der Waals surface area contributed by atoms with E-state index < -0.39 is 0 Å². The van der Waals surface area contributed by atoms with Crippen LogP contribution in [0.4, 0.5) is 0 Å². The molecule has 3 nitrogen and oxygen atoms in total. The van der Waals surface area contributed by atoms with Crippen LogP contribution in [0.25, 0.3) is 0 Å². The van der Waals surface area contributed by atoms with E-state index in [0.29, 0.717) is 25.0 Å². The molecule has 0 radical (unpaired) electrons. The third kappa shape index (κ3) is 5.50. The molecule has 0 bridgehead atoms. The first kappa shape index (κ1) is 12.9. The molecule has 0 spiro atoms. The fraction of sp³-hybridized carbons (Fsp3) is 1.00. The van der Waals surface area contributed by atoms with Gasteiger partial charge in [0, 0.05) is 13.2 Å². The summed E-state index contributed by atoms with van der Waals surface area (Å²) in [5.74, 6) is 1.16. The van der Waals surface area contributed by atoms with Crippen molar-refractivity contribution in [2.45, 2.75) is 33.3 Å². The van der Waals surface area contributed by atoms with Crippen molar-refractivity contribution in [2.75, 3.05) is 33.0 Å². The van der Waals surface area contributed by atoms with E-state index in [2.05, 4.69) is 27.7 Å². The third-order valence-corrected chi connectivity index (χ3v) is 2.19. The Balaban J connectivity index is 2.06. The van der Waals surface area contributed by atoms with E-state index in [9.17, 15) is 0 Å². The molecule has 0 N–H and O–H groups in total. The van der Waals surface area contributed by atoms with Gasteiger partial charge in [-0.2, -0.15) is 0 Å². The van der Waals surface area contributed by atoms with E-state index >= 15 is 0 Å². The van der Waals surface area contributed by atoms with Crippen molar-refractivity contribution < 1.29 is 14.2 Å². The maximum atomic E-state index is 5.57. The Bertz CT molecular complexity index is 158. The van der Waals surface area contributed by atoms with E-state index in [1.54, 1.807) is 0 Å². The van der Waals surface area contributed by atoms with Crippen LogP contribution in [0.15, 0.2) is 0 Å². The molecule has 1 aliphatic heterocycles. The van der Waals surface area contributed by atoms with Gasteiger partial charge >= 0.3 is 0 Å². The van der Waals surface area contributed by atoms with Crippen molar-refractivity contribution >= 4 is 0 Å². The summed E-state index contributed by atoms with van der Waals surface area (Å²) < 4.78 is 16.6. The van der Waals surface area contributed by atoms with E-state index in [4.69, 9.17) is 14.2 Å². The van der Waals surface area contributed by atoms with E-state index in [1.807, 2.05) is 0 Å². The van der Waals surface area contributed by atoms with Crippen LogP contribution in [0.1, 0.15) is 27.7 Å². The second-order valence-electron chi connectivity index (χ2n) is 5.29. The lowest BCUT2D eigenvalue weighted by Gasteiger charge is -2.14. The fourth-order valence-corrected chi connectivity index (χ4v) is 1.27. The molecule has 1 aliphatic rings. The van der Waals surface area contributed by atoms with Gasteiger partial charge in [-0.05, 0) is 11.8 Å². The van der Waals surface area contributed by atoms with Gasteiger partial charge in [0.05, 0.1) is 19.8 Å². The standard InChI is InChI=1S/C12H24O3/c1-10(2)5-13-7-12(9-15-12)8-14-6-11(3)4/h10-11H,5-9H2,1-4H3. The molecule has 0 unspecified atom stereocenters. The van der Waals surface area contributed by atoms with Gasteiger partial charge in [-0.15, -0.1) is 0 Å². The third-order valence-electron chi connectivity index (χ3n) is 2.19. The van der Waals surface area contributed by atoms with E-state index in [-0.39, 0.29) is 5.60 Å². The Morgan fingerprint density at radius 2 is 1.40 bits per heavy atom. The minimum atomic E-state index is -0.121. The summed E-state index contributed by atoms with van der Waals surface area (Å²) in [4.78, 5) is 0. The summed E-state index contributed by atoms with van der Waals surface area (Å²) in [6.45, 7) is 12.3. The van der Waals surface area contributed by atoms with Gasteiger partial charge in [0.25, 0.3) is 0 Å². The minimum Gasteiger partial charge on any atom is -0.378 e. The molecule has 0 aliphatic carbocycles. The van der Waals surface area contributed by atoms with Crippen LogP contribution in [0.3, 0.4) is 0 Å². The molecule has 1 fully saturated rings. The molecule has 0 aromatic carbocycles. The molecule has 0 aromatic rings. The Labute approximate surface area is 93.1 Å².